The van der Waals surface area contributed by atoms with E-state index in [1.54, 1.807) is 0 Å². The van der Waals surface area contributed by atoms with Gasteiger partial charge in [-0.25, -0.2) is 4.98 Å². The highest BCUT2D eigenvalue weighted by Gasteiger charge is 2.11. The molecule has 20 heavy (non-hydrogen) atoms. The molecule has 1 aliphatic rings. The summed E-state index contributed by atoms with van der Waals surface area (Å²) in [6, 6.07) is 8.99. The molecule has 0 amide bonds. The number of hydrogen-bond donors (Lipinski definition) is 2. The fraction of sp³-hybridized carbons (Fsp3) is 0.562. The van der Waals surface area contributed by atoms with Crippen LogP contribution in [0.4, 0.5) is 0 Å². The highest BCUT2D eigenvalue weighted by atomic mass is 32.2. The Labute approximate surface area is 124 Å². The van der Waals surface area contributed by atoms with Crippen molar-refractivity contribution in [2.45, 2.75) is 49.7 Å². The molecule has 1 fully saturated rings. The fourth-order valence-corrected chi connectivity index (χ4v) is 3.68. The molecule has 3 rings (SSSR count). The monoisotopic (exact) mass is 289 g/mol. The summed E-state index contributed by atoms with van der Waals surface area (Å²) in [7, 11) is 0. The average Bonchev–Trinajstić information content (AvgIpc) is 2.90. The van der Waals surface area contributed by atoms with E-state index in [9.17, 15) is 0 Å². The zero-order valence-electron chi connectivity index (χ0n) is 11.9. The molecule has 108 valence electrons. The lowest BCUT2D eigenvalue weighted by molar-refractivity contribution is 0.375. The lowest BCUT2D eigenvalue weighted by Gasteiger charge is -2.22. The van der Waals surface area contributed by atoms with E-state index in [0.717, 1.165) is 34.5 Å². The van der Waals surface area contributed by atoms with Gasteiger partial charge in [-0.15, -0.1) is 0 Å². The second-order valence-electron chi connectivity index (χ2n) is 5.55. The van der Waals surface area contributed by atoms with E-state index < -0.39 is 0 Å². The Kier molecular flexibility index (Phi) is 4.98. The van der Waals surface area contributed by atoms with Crippen LogP contribution in [0.15, 0.2) is 29.4 Å². The van der Waals surface area contributed by atoms with E-state index in [1.165, 1.54) is 38.5 Å². The number of benzene rings is 1. The smallest absolute Gasteiger partial charge is 0.166 e. The number of aromatic nitrogens is 2. The summed E-state index contributed by atoms with van der Waals surface area (Å²) < 4.78 is 0. The molecule has 0 aliphatic heterocycles. The van der Waals surface area contributed by atoms with Crippen molar-refractivity contribution in [1.82, 2.24) is 15.3 Å². The Hall–Kier alpha value is -1.00. The van der Waals surface area contributed by atoms with Crippen LogP contribution < -0.4 is 5.32 Å². The maximum atomic E-state index is 4.59. The molecule has 0 unspecified atom stereocenters. The number of imidazole rings is 1. The van der Waals surface area contributed by atoms with E-state index in [-0.39, 0.29) is 0 Å². The summed E-state index contributed by atoms with van der Waals surface area (Å²) in [4.78, 5) is 7.95. The van der Waals surface area contributed by atoms with Gasteiger partial charge in [0, 0.05) is 11.8 Å². The number of thioether (sulfide) groups is 1. The van der Waals surface area contributed by atoms with Crippen molar-refractivity contribution >= 4 is 22.8 Å². The molecule has 2 aromatic rings. The number of aromatic amines is 1. The number of fused-ring (bicyclic) bond motifs is 1. The van der Waals surface area contributed by atoms with E-state index >= 15 is 0 Å². The van der Waals surface area contributed by atoms with Crippen LogP contribution in [0.1, 0.15) is 38.5 Å². The van der Waals surface area contributed by atoms with E-state index in [4.69, 9.17) is 0 Å². The zero-order chi connectivity index (χ0) is 13.6. The van der Waals surface area contributed by atoms with Gasteiger partial charge in [0.15, 0.2) is 5.16 Å². The molecule has 1 heterocycles. The number of nitrogens with one attached hydrogen (secondary N) is 2. The largest absolute Gasteiger partial charge is 0.333 e. The summed E-state index contributed by atoms with van der Waals surface area (Å²) in [5, 5.41) is 4.74. The molecule has 4 heteroatoms. The Morgan fingerprint density at radius 1 is 1.20 bits per heavy atom. The molecule has 0 spiro atoms. The molecule has 1 aliphatic carbocycles. The SMILES string of the molecule is c1ccc2[nH]c(SCCCNC3CCCCC3)nc2c1. The van der Waals surface area contributed by atoms with Crippen LogP contribution in [0.25, 0.3) is 11.0 Å². The molecule has 0 bridgehead atoms. The predicted molar refractivity (Wildman–Crippen MR) is 86.3 cm³/mol. The minimum Gasteiger partial charge on any atom is -0.333 e. The van der Waals surface area contributed by atoms with Crippen LogP contribution in [0.5, 0.6) is 0 Å². The maximum Gasteiger partial charge on any atom is 0.166 e. The first kappa shape index (κ1) is 14.0. The normalized spacial score (nSPS) is 16.8. The van der Waals surface area contributed by atoms with Crippen LogP contribution in [0.3, 0.4) is 0 Å². The van der Waals surface area contributed by atoms with Gasteiger partial charge in [-0.2, -0.15) is 0 Å². The Balaban J connectivity index is 1.37. The third-order valence-electron chi connectivity index (χ3n) is 3.97. The molecule has 1 saturated carbocycles. The number of hydrogen-bond acceptors (Lipinski definition) is 3. The first-order valence-electron chi connectivity index (χ1n) is 7.73. The predicted octanol–water partition coefficient (Wildman–Crippen LogP) is 3.97. The molecule has 1 aromatic heterocycles. The molecule has 3 nitrogen and oxygen atoms in total. The average molecular weight is 289 g/mol. The lowest BCUT2D eigenvalue weighted by atomic mass is 9.95. The van der Waals surface area contributed by atoms with E-state index in [0.29, 0.717) is 0 Å². The third kappa shape index (κ3) is 3.76. The fourth-order valence-electron chi connectivity index (χ4n) is 2.85. The highest BCUT2D eigenvalue weighted by molar-refractivity contribution is 7.99. The molecular weight excluding hydrogens is 266 g/mol. The number of para-hydroxylation sites is 2. The van der Waals surface area contributed by atoms with Gasteiger partial charge in [-0.1, -0.05) is 43.2 Å². The first-order valence-corrected chi connectivity index (χ1v) is 8.71. The summed E-state index contributed by atoms with van der Waals surface area (Å²) in [6.45, 7) is 1.14. The van der Waals surface area contributed by atoms with Crippen molar-refractivity contribution in [2.24, 2.45) is 0 Å². The van der Waals surface area contributed by atoms with Crippen molar-refractivity contribution in [1.29, 1.82) is 0 Å². The first-order chi connectivity index (χ1) is 9.92. The number of H-pyrrole nitrogens is 1. The molecule has 0 radical (unpaired) electrons. The van der Waals surface area contributed by atoms with Crippen molar-refractivity contribution in [3.63, 3.8) is 0 Å². The molecule has 0 atom stereocenters. The molecule has 2 N–H and O–H groups in total. The zero-order valence-corrected chi connectivity index (χ0v) is 12.7. The van der Waals surface area contributed by atoms with Crippen LogP contribution in [-0.2, 0) is 0 Å². The Morgan fingerprint density at radius 2 is 2.05 bits per heavy atom. The van der Waals surface area contributed by atoms with Crippen LogP contribution >= 0.6 is 11.8 Å². The summed E-state index contributed by atoms with van der Waals surface area (Å²) >= 11 is 1.83. The Bertz CT molecular complexity index is 498. The Morgan fingerprint density at radius 3 is 2.90 bits per heavy atom. The highest BCUT2D eigenvalue weighted by Crippen LogP contribution is 2.20. The van der Waals surface area contributed by atoms with Crippen molar-refractivity contribution < 1.29 is 0 Å². The second-order valence-corrected chi connectivity index (χ2v) is 6.63. The summed E-state index contributed by atoms with van der Waals surface area (Å²) in [5.74, 6) is 1.12. The van der Waals surface area contributed by atoms with Gasteiger partial charge in [-0.05, 0) is 37.9 Å². The minimum absolute atomic E-state index is 0.778. The second kappa shape index (κ2) is 7.14. The number of rotatable bonds is 6. The van der Waals surface area contributed by atoms with Gasteiger partial charge in [0.25, 0.3) is 0 Å². The van der Waals surface area contributed by atoms with Gasteiger partial charge in [0.05, 0.1) is 11.0 Å². The quantitative estimate of drug-likeness (QED) is 0.624. The van der Waals surface area contributed by atoms with Crippen LogP contribution in [0, 0.1) is 0 Å². The number of nitrogens with zero attached hydrogens (tertiary/aromatic N) is 1. The van der Waals surface area contributed by atoms with Crippen molar-refractivity contribution in [2.75, 3.05) is 12.3 Å². The van der Waals surface area contributed by atoms with E-state index in [1.807, 2.05) is 23.9 Å². The molecule has 1 aromatic carbocycles. The van der Waals surface area contributed by atoms with Gasteiger partial charge in [0.2, 0.25) is 0 Å². The van der Waals surface area contributed by atoms with Crippen molar-refractivity contribution in [3.05, 3.63) is 24.3 Å². The maximum absolute atomic E-state index is 4.59. The minimum atomic E-state index is 0.778. The van der Waals surface area contributed by atoms with Gasteiger partial charge < -0.3 is 10.3 Å². The van der Waals surface area contributed by atoms with Crippen LogP contribution in [-0.4, -0.2) is 28.3 Å². The summed E-state index contributed by atoms with van der Waals surface area (Å²) in [6.07, 6.45) is 8.20. The van der Waals surface area contributed by atoms with Gasteiger partial charge in [0.1, 0.15) is 0 Å². The lowest BCUT2D eigenvalue weighted by Crippen LogP contribution is -2.31. The molecular formula is C16H23N3S. The van der Waals surface area contributed by atoms with E-state index in [2.05, 4.69) is 27.4 Å². The summed E-state index contributed by atoms with van der Waals surface area (Å²) in [5.41, 5.74) is 2.20. The van der Waals surface area contributed by atoms with Crippen LogP contribution in [0.2, 0.25) is 0 Å². The van der Waals surface area contributed by atoms with Crippen molar-refractivity contribution in [3.8, 4) is 0 Å². The molecule has 0 saturated heterocycles. The van der Waals surface area contributed by atoms with Gasteiger partial charge >= 0.3 is 0 Å². The van der Waals surface area contributed by atoms with Gasteiger partial charge in [-0.3, -0.25) is 0 Å². The topological polar surface area (TPSA) is 40.7 Å². The third-order valence-corrected chi connectivity index (χ3v) is 4.93. The standard InChI is InChI=1S/C16H23N3S/c1-2-7-13(8-3-1)17-11-6-12-20-16-18-14-9-4-5-10-15(14)19-16/h4-5,9-10,13,17H,1-3,6-8,11-12H2,(H,18,19).